The van der Waals surface area contributed by atoms with E-state index in [1.165, 1.54) is 0 Å². The molecule has 1 aliphatic rings. The number of aliphatic hydroxyl groups is 2. The molecule has 1 saturated carbocycles. The van der Waals surface area contributed by atoms with Crippen LogP contribution in [0.1, 0.15) is 78.2 Å². The molecule has 1 aromatic carbocycles. The zero-order valence-electron chi connectivity index (χ0n) is 25.1. The van der Waals surface area contributed by atoms with Crippen molar-refractivity contribution in [3.63, 3.8) is 0 Å². The summed E-state index contributed by atoms with van der Waals surface area (Å²) in [5, 5.41) is 24.2. The first-order chi connectivity index (χ1) is 18.6. The van der Waals surface area contributed by atoms with Crippen LogP contribution in [0.5, 0.6) is 11.5 Å². The molecule has 39 heavy (non-hydrogen) atoms. The minimum absolute atomic E-state index is 0.0477. The van der Waals surface area contributed by atoms with Gasteiger partial charge < -0.3 is 35.5 Å². The normalized spacial score (nSPS) is 18.1. The highest BCUT2D eigenvalue weighted by Gasteiger charge is 2.38. The van der Waals surface area contributed by atoms with Gasteiger partial charge in [-0.25, -0.2) is 0 Å². The van der Waals surface area contributed by atoms with Gasteiger partial charge in [0.15, 0.2) is 11.5 Å². The Morgan fingerprint density at radius 3 is 2.31 bits per heavy atom. The summed E-state index contributed by atoms with van der Waals surface area (Å²) in [5.41, 5.74) is 7.17. The number of hydrogen-bond acceptors (Lipinski definition) is 7. The molecule has 0 spiro atoms. The predicted octanol–water partition coefficient (Wildman–Crippen LogP) is 4.09. The van der Waals surface area contributed by atoms with Crippen molar-refractivity contribution in [3.05, 3.63) is 23.8 Å². The van der Waals surface area contributed by atoms with Gasteiger partial charge in [-0.15, -0.1) is 0 Å². The fourth-order valence-electron chi connectivity index (χ4n) is 5.59. The van der Waals surface area contributed by atoms with Crippen molar-refractivity contribution < 1.29 is 29.2 Å². The zero-order chi connectivity index (χ0) is 29.0. The van der Waals surface area contributed by atoms with Crippen LogP contribution in [0.3, 0.4) is 0 Å². The summed E-state index contributed by atoms with van der Waals surface area (Å²) in [4.78, 5) is 13.2. The van der Waals surface area contributed by atoms with E-state index < -0.39 is 17.7 Å². The number of hydrogen-bond donors (Lipinski definition) is 4. The van der Waals surface area contributed by atoms with E-state index >= 15 is 0 Å². The van der Waals surface area contributed by atoms with Gasteiger partial charge in [0.25, 0.3) is 0 Å². The Hall–Kier alpha value is -1.87. The molecule has 4 atom stereocenters. The van der Waals surface area contributed by atoms with Crippen LogP contribution in [-0.4, -0.2) is 67.8 Å². The maximum absolute atomic E-state index is 13.2. The standard InChI is InChI=1S/C31H54N2O6/c1-21(2)24(16-23-10-11-28(38-6)29(17-23)39-15-9-14-37-5)18-26(32)27(35)19-25(22(3)4)30(36)33-31(20-34)12-7-8-13-31/h10-11,17,21-22,24-27,34-35H,7-9,12-16,18-20,32H2,1-6H3,(H,33,36)/t24-,25-,26-,27-/m0/s1. The first-order valence-corrected chi connectivity index (χ1v) is 14.7. The molecule has 0 aromatic heterocycles. The molecule has 0 heterocycles. The van der Waals surface area contributed by atoms with Gasteiger partial charge in [-0.2, -0.15) is 0 Å². The number of rotatable bonds is 18. The Bertz CT molecular complexity index is 855. The molecule has 2 rings (SSSR count). The lowest BCUT2D eigenvalue weighted by Crippen LogP contribution is -2.52. The Balaban J connectivity index is 2.04. The molecule has 1 fully saturated rings. The lowest BCUT2D eigenvalue weighted by atomic mass is 9.80. The number of nitrogens with two attached hydrogens (primary N) is 1. The molecular weight excluding hydrogens is 496 g/mol. The van der Waals surface area contributed by atoms with Crippen molar-refractivity contribution in [2.24, 2.45) is 29.4 Å². The Morgan fingerprint density at radius 2 is 1.74 bits per heavy atom. The summed E-state index contributed by atoms with van der Waals surface area (Å²) in [6, 6.07) is 5.56. The topological polar surface area (TPSA) is 123 Å². The predicted molar refractivity (Wildman–Crippen MR) is 155 cm³/mol. The summed E-state index contributed by atoms with van der Waals surface area (Å²) < 4.78 is 16.5. The first kappa shape index (κ1) is 33.3. The third kappa shape index (κ3) is 10.2. The summed E-state index contributed by atoms with van der Waals surface area (Å²) >= 11 is 0. The largest absolute Gasteiger partial charge is 0.493 e. The van der Waals surface area contributed by atoms with Gasteiger partial charge in [0.2, 0.25) is 5.91 Å². The molecule has 8 nitrogen and oxygen atoms in total. The van der Waals surface area contributed by atoms with E-state index in [2.05, 4.69) is 25.2 Å². The van der Waals surface area contributed by atoms with Crippen molar-refractivity contribution >= 4 is 5.91 Å². The fraction of sp³-hybridized carbons (Fsp3) is 0.774. The average molecular weight is 551 g/mol. The maximum atomic E-state index is 13.2. The molecule has 1 aliphatic carbocycles. The van der Waals surface area contributed by atoms with Gasteiger partial charge >= 0.3 is 0 Å². The molecule has 0 radical (unpaired) electrons. The third-order valence-electron chi connectivity index (χ3n) is 8.38. The molecule has 0 bridgehead atoms. The molecule has 5 N–H and O–H groups in total. The summed E-state index contributed by atoms with van der Waals surface area (Å²) in [6.07, 6.45) is 5.34. The SMILES string of the molecule is COCCCOc1cc(C[C@@H](C[C@H](N)[C@@H](O)C[C@H](C(=O)NC2(CO)CCCC2)C(C)C)C(C)C)ccc1OC. The number of benzene rings is 1. The van der Waals surface area contributed by atoms with Crippen molar-refractivity contribution in [3.8, 4) is 11.5 Å². The first-order valence-electron chi connectivity index (χ1n) is 14.7. The van der Waals surface area contributed by atoms with E-state index in [-0.39, 0.29) is 30.3 Å². The summed E-state index contributed by atoms with van der Waals surface area (Å²) in [5.74, 6) is 1.59. The molecule has 224 valence electrons. The van der Waals surface area contributed by atoms with Gasteiger partial charge in [0, 0.05) is 32.1 Å². The Labute approximate surface area is 236 Å². The Kier molecular flexibility index (Phi) is 14.0. The van der Waals surface area contributed by atoms with Crippen LogP contribution in [0, 0.1) is 23.7 Å². The summed E-state index contributed by atoms with van der Waals surface area (Å²) in [6.45, 7) is 9.48. The number of carbonyl (C=O) groups excluding carboxylic acids is 1. The highest BCUT2D eigenvalue weighted by atomic mass is 16.5. The lowest BCUT2D eigenvalue weighted by molar-refractivity contribution is -0.130. The molecule has 0 aliphatic heterocycles. The third-order valence-corrected chi connectivity index (χ3v) is 8.38. The van der Waals surface area contributed by atoms with Crippen LogP contribution in [-0.2, 0) is 16.0 Å². The van der Waals surface area contributed by atoms with E-state index in [0.29, 0.717) is 43.5 Å². The van der Waals surface area contributed by atoms with E-state index in [9.17, 15) is 15.0 Å². The van der Waals surface area contributed by atoms with Crippen LogP contribution in [0.2, 0.25) is 0 Å². The molecule has 0 unspecified atom stereocenters. The molecular formula is C31H54N2O6. The average Bonchev–Trinajstić information content (AvgIpc) is 3.37. The second-order valence-electron chi connectivity index (χ2n) is 12.1. The monoisotopic (exact) mass is 550 g/mol. The maximum Gasteiger partial charge on any atom is 0.223 e. The fourth-order valence-corrected chi connectivity index (χ4v) is 5.59. The molecule has 0 saturated heterocycles. The number of amides is 1. The van der Waals surface area contributed by atoms with Crippen molar-refractivity contribution in [2.75, 3.05) is 34.0 Å². The second-order valence-corrected chi connectivity index (χ2v) is 12.1. The highest BCUT2D eigenvalue weighted by Crippen LogP contribution is 2.33. The number of ether oxygens (including phenoxy) is 3. The van der Waals surface area contributed by atoms with Gasteiger partial charge in [-0.1, -0.05) is 46.6 Å². The zero-order valence-corrected chi connectivity index (χ0v) is 25.1. The number of aliphatic hydroxyl groups excluding tert-OH is 2. The Morgan fingerprint density at radius 1 is 1.05 bits per heavy atom. The van der Waals surface area contributed by atoms with Crippen LogP contribution >= 0.6 is 0 Å². The molecule has 1 amide bonds. The number of methoxy groups -OCH3 is 2. The van der Waals surface area contributed by atoms with Crippen molar-refractivity contribution in [1.82, 2.24) is 5.32 Å². The number of carbonyl (C=O) groups is 1. The minimum atomic E-state index is -0.798. The highest BCUT2D eigenvalue weighted by molar-refractivity contribution is 5.79. The summed E-state index contributed by atoms with van der Waals surface area (Å²) in [7, 11) is 3.31. The van der Waals surface area contributed by atoms with Crippen LogP contribution in [0.15, 0.2) is 18.2 Å². The van der Waals surface area contributed by atoms with E-state index in [4.69, 9.17) is 19.9 Å². The van der Waals surface area contributed by atoms with Crippen molar-refractivity contribution in [2.45, 2.75) is 96.7 Å². The van der Waals surface area contributed by atoms with Gasteiger partial charge in [-0.3, -0.25) is 4.79 Å². The van der Waals surface area contributed by atoms with Crippen LogP contribution < -0.4 is 20.5 Å². The number of nitrogens with one attached hydrogen (secondary N) is 1. The van der Waals surface area contributed by atoms with E-state index in [1.807, 2.05) is 26.0 Å². The van der Waals surface area contributed by atoms with Gasteiger partial charge in [0.05, 0.1) is 32.0 Å². The van der Waals surface area contributed by atoms with Gasteiger partial charge in [-0.05, 0) is 67.6 Å². The molecule has 8 heteroatoms. The quantitative estimate of drug-likeness (QED) is 0.203. The second kappa shape index (κ2) is 16.4. The van der Waals surface area contributed by atoms with E-state index in [0.717, 1.165) is 44.1 Å². The molecule has 1 aromatic rings. The lowest BCUT2D eigenvalue weighted by Gasteiger charge is -2.33. The van der Waals surface area contributed by atoms with Crippen LogP contribution in [0.25, 0.3) is 0 Å². The minimum Gasteiger partial charge on any atom is -0.493 e. The van der Waals surface area contributed by atoms with Crippen LogP contribution in [0.4, 0.5) is 0 Å². The van der Waals surface area contributed by atoms with Gasteiger partial charge in [0.1, 0.15) is 0 Å². The smallest absolute Gasteiger partial charge is 0.223 e. The van der Waals surface area contributed by atoms with E-state index in [1.54, 1.807) is 14.2 Å². The van der Waals surface area contributed by atoms with Crippen molar-refractivity contribution in [1.29, 1.82) is 0 Å².